The number of rotatable bonds is 6. The Morgan fingerprint density at radius 2 is 1.95 bits per heavy atom. The van der Waals surface area contributed by atoms with Crippen LogP contribution in [0.2, 0.25) is 0 Å². The molecule has 1 aromatic carbocycles. The third-order valence-corrected chi connectivity index (χ3v) is 5.21. The average molecular weight is 300 g/mol. The Morgan fingerprint density at radius 1 is 1.35 bits per heavy atom. The Kier molecular flexibility index (Phi) is 5.27. The van der Waals surface area contributed by atoms with E-state index in [2.05, 4.69) is 5.32 Å². The van der Waals surface area contributed by atoms with Crippen LogP contribution in [0.15, 0.2) is 17.0 Å². The van der Waals surface area contributed by atoms with Gasteiger partial charge in [0.25, 0.3) is 0 Å². The fourth-order valence-corrected chi connectivity index (χ4v) is 3.27. The van der Waals surface area contributed by atoms with E-state index in [4.69, 9.17) is 5.11 Å². The lowest BCUT2D eigenvalue weighted by Gasteiger charge is -2.19. The lowest BCUT2D eigenvalue weighted by molar-refractivity contribution is 0.0696. The van der Waals surface area contributed by atoms with Gasteiger partial charge >= 0.3 is 5.97 Å². The van der Waals surface area contributed by atoms with Crippen molar-refractivity contribution in [3.63, 3.8) is 0 Å². The molecule has 0 heterocycles. The van der Waals surface area contributed by atoms with Crippen LogP contribution in [0.4, 0.5) is 0 Å². The molecule has 0 aliphatic rings. The molecule has 1 aromatic rings. The summed E-state index contributed by atoms with van der Waals surface area (Å²) < 4.78 is 26.2. The molecular weight excluding hydrogens is 280 g/mol. The van der Waals surface area contributed by atoms with Crippen molar-refractivity contribution in [3.05, 3.63) is 28.8 Å². The van der Waals surface area contributed by atoms with Crippen LogP contribution in [0.3, 0.4) is 0 Å². The van der Waals surface area contributed by atoms with Gasteiger partial charge in [-0.15, -0.1) is 0 Å². The highest BCUT2D eigenvalue weighted by Crippen LogP contribution is 2.23. The second kappa shape index (κ2) is 6.34. The normalized spacial score (nSPS) is 11.8. The Bertz CT molecular complexity index is 611. The summed E-state index contributed by atoms with van der Waals surface area (Å²) in [7, 11) is -0.472. The van der Waals surface area contributed by atoms with Gasteiger partial charge in [-0.1, -0.05) is 0 Å². The highest BCUT2D eigenvalue weighted by molar-refractivity contribution is 7.89. The molecule has 2 N–H and O–H groups in total. The fourth-order valence-electron chi connectivity index (χ4n) is 1.78. The van der Waals surface area contributed by atoms with Crippen LogP contribution in [0.25, 0.3) is 0 Å². The van der Waals surface area contributed by atoms with E-state index in [1.54, 1.807) is 20.9 Å². The average Bonchev–Trinajstić information content (AvgIpc) is 2.38. The predicted molar refractivity (Wildman–Crippen MR) is 76.6 cm³/mol. The third-order valence-electron chi connectivity index (χ3n) is 3.23. The Balaban J connectivity index is 3.34. The molecular formula is C13H20N2O4S. The molecule has 6 nitrogen and oxygen atoms in total. The van der Waals surface area contributed by atoms with Crippen LogP contribution in [-0.4, -0.2) is 51.0 Å². The van der Waals surface area contributed by atoms with Crippen molar-refractivity contribution in [1.29, 1.82) is 0 Å². The highest BCUT2D eigenvalue weighted by Gasteiger charge is 2.24. The number of hydrogen-bond donors (Lipinski definition) is 2. The van der Waals surface area contributed by atoms with Crippen molar-refractivity contribution in [3.8, 4) is 0 Å². The maximum atomic E-state index is 12.5. The molecule has 0 aromatic heterocycles. The van der Waals surface area contributed by atoms with Gasteiger partial charge < -0.3 is 10.4 Å². The molecule has 0 unspecified atom stereocenters. The zero-order chi connectivity index (χ0) is 15.5. The maximum absolute atomic E-state index is 12.5. The number of benzene rings is 1. The molecule has 0 radical (unpaired) electrons. The summed E-state index contributed by atoms with van der Waals surface area (Å²) >= 11 is 0. The monoisotopic (exact) mass is 300 g/mol. The number of aromatic carboxylic acids is 1. The topological polar surface area (TPSA) is 86.7 Å². The smallest absolute Gasteiger partial charge is 0.335 e. The van der Waals surface area contributed by atoms with E-state index in [9.17, 15) is 13.2 Å². The van der Waals surface area contributed by atoms with E-state index in [1.165, 1.54) is 23.5 Å². The van der Waals surface area contributed by atoms with E-state index in [0.717, 1.165) is 0 Å². The summed E-state index contributed by atoms with van der Waals surface area (Å²) in [5.41, 5.74) is 1.20. The molecule has 0 saturated heterocycles. The van der Waals surface area contributed by atoms with E-state index in [-0.39, 0.29) is 10.5 Å². The number of sulfonamides is 1. The van der Waals surface area contributed by atoms with Crippen LogP contribution < -0.4 is 5.32 Å². The fraction of sp³-hybridized carbons (Fsp3) is 0.462. The van der Waals surface area contributed by atoms with Crippen LogP contribution in [0.1, 0.15) is 21.5 Å². The summed E-state index contributed by atoms with van der Waals surface area (Å²) in [6.07, 6.45) is 0. The minimum absolute atomic E-state index is 0.0197. The van der Waals surface area contributed by atoms with Gasteiger partial charge in [-0.2, -0.15) is 4.31 Å². The SMILES string of the molecule is CNCCN(C)S(=O)(=O)c1cc(C(=O)O)cc(C)c1C. The number of nitrogens with zero attached hydrogens (tertiary/aromatic N) is 1. The van der Waals surface area contributed by atoms with Crippen molar-refractivity contribution >= 4 is 16.0 Å². The summed E-state index contributed by atoms with van der Waals surface area (Å²) in [4.78, 5) is 11.1. The molecule has 0 amide bonds. The first-order valence-corrected chi connectivity index (χ1v) is 7.61. The summed E-state index contributed by atoms with van der Waals surface area (Å²) in [5, 5.41) is 11.9. The number of carboxylic acids is 1. The van der Waals surface area contributed by atoms with Gasteiger partial charge in [0.2, 0.25) is 10.0 Å². The van der Waals surface area contributed by atoms with Crippen LogP contribution >= 0.6 is 0 Å². The first-order valence-electron chi connectivity index (χ1n) is 6.17. The molecule has 112 valence electrons. The van der Waals surface area contributed by atoms with Gasteiger partial charge in [-0.25, -0.2) is 13.2 Å². The molecule has 1 rings (SSSR count). The van der Waals surface area contributed by atoms with Crippen LogP contribution in [-0.2, 0) is 10.0 Å². The zero-order valence-corrected chi connectivity index (χ0v) is 12.9. The minimum Gasteiger partial charge on any atom is -0.478 e. The van der Waals surface area contributed by atoms with Gasteiger partial charge in [-0.3, -0.25) is 0 Å². The molecule has 7 heteroatoms. The first-order chi connectivity index (χ1) is 9.21. The molecule has 0 saturated carbocycles. The Labute approximate surface area is 119 Å². The summed E-state index contributed by atoms with van der Waals surface area (Å²) in [6.45, 7) is 4.22. The lowest BCUT2D eigenvalue weighted by Crippen LogP contribution is -2.33. The number of carboxylic acid groups (broad SMARTS) is 1. The van der Waals surface area contributed by atoms with E-state index < -0.39 is 16.0 Å². The molecule has 0 aliphatic carbocycles. The van der Waals surface area contributed by atoms with Gasteiger partial charge in [0.15, 0.2) is 0 Å². The van der Waals surface area contributed by atoms with Gasteiger partial charge in [0.1, 0.15) is 0 Å². The zero-order valence-electron chi connectivity index (χ0n) is 12.1. The first kappa shape index (κ1) is 16.6. The quantitative estimate of drug-likeness (QED) is 0.813. The number of carbonyl (C=O) groups is 1. The van der Waals surface area contributed by atoms with Crippen LogP contribution in [0.5, 0.6) is 0 Å². The largest absolute Gasteiger partial charge is 0.478 e. The number of likely N-dealkylation sites (N-methyl/N-ethyl adjacent to an activating group) is 2. The summed E-state index contributed by atoms with van der Waals surface area (Å²) in [6, 6.07) is 2.69. The van der Waals surface area contributed by atoms with Crippen molar-refractivity contribution in [1.82, 2.24) is 9.62 Å². The molecule has 0 fully saturated rings. The van der Waals surface area contributed by atoms with Crippen molar-refractivity contribution in [2.75, 3.05) is 27.2 Å². The molecule has 0 atom stereocenters. The number of nitrogens with one attached hydrogen (secondary N) is 1. The second-order valence-corrected chi connectivity index (χ2v) is 6.66. The van der Waals surface area contributed by atoms with E-state index >= 15 is 0 Å². The standard InChI is InChI=1S/C13H20N2O4S/c1-9-7-11(13(16)17)8-12(10(9)2)20(18,19)15(4)6-5-14-3/h7-8,14H,5-6H2,1-4H3,(H,16,17). The lowest BCUT2D eigenvalue weighted by atomic mass is 10.1. The van der Waals surface area contributed by atoms with E-state index in [0.29, 0.717) is 24.2 Å². The van der Waals surface area contributed by atoms with Gasteiger partial charge in [0, 0.05) is 20.1 Å². The van der Waals surface area contributed by atoms with Gasteiger partial charge in [-0.05, 0) is 44.2 Å². The maximum Gasteiger partial charge on any atom is 0.335 e. The number of aryl methyl sites for hydroxylation is 1. The summed E-state index contributed by atoms with van der Waals surface area (Å²) in [5.74, 6) is -1.14. The highest BCUT2D eigenvalue weighted by atomic mass is 32.2. The molecule has 20 heavy (non-hydrogen) atoms. The molecule has 0 aliphatic heterocycles. The third kappa shape index (κ3) is 3.36. The van der Waals surface area contributed by atoms with Crippen molar-refractivity contribution < 1.29 is 18.3 Å². The van der Waals surface area contributed by atoms with Gasteiger partial charge in [0.05, 0.1) is 10.5 Å². The van der Waals surface area contributed by atoms with Crippen molar-refractivity contribution in [2.24, 2.45) is 0 Å². The van der Waals surface area contributed by atoms with E-state index in [1.807, 2.05) is 0 Å². The second-order valence-electron chi connectivity index (χ2n) is 4.65. The predicted octanol–water partition coefficient (Wildman–Crippen LogP) is 0.842. The number of hydrogen-bond acceptors (Lipinski definition) is 4. The Hall–Kier alpha value is -1.44. The van der Waals surface area contributed by atoms with Crippen LogP contribution in [0, 0.1) is 13.8 Å². The molecule has 0 bridgehead atoms. The van der Waals surface area contributed by atoms with Crippen molar-refractivity contribution in [2.45, 2.75) is 18.7 Å². The minimum atomic E-state index is -3.69. The Morgan fingerprint density at radius 3 is 2.45 bits per heavy atom. The molecule has 0 spiro atoms.